The van der Waals surface area contributed by atoms with Crippen LogP contribution in [-0.2, 0) is 11.2 Å². The number of hydrogen-bond donors (Lipinski definition) is 1. The van der Waals surface area contributed by atoms with Crippen molar-refractivity contribution in [1.82, 2.24) is 14.7 Å². The summed E-state index contributed by atoms with van der Waals surface area (Å²) in [5.74, 6) is 1.15. The topological polar surface area (TPSA) is 50.2 Å². The summed E-state index contributed by atoms with van der Waals surface area (Å²) in [6, 6.07) is 5.04. The van der Waals surface area contributed by atoms with Crippen molar-refractivity contribution in [3.8, 4) is 0 Å². The lowest BCUT2D eigenvalue weighted by Crippen LogP contribution is -2.47. The molecule has 0 bridgehead atoms. The summed E-state index contributed by atoms with van der Waals surface area (Å²) in [6.07, 6.45) is 0.410. The van der Waals surface area contributed by atoms with Crippen LogP contribution in [0.15, 0.2) is 23.6 Å². The van der Waals surface area contributed by atoms with Crippen molar-refractivity contribution in [2.24, 2.45) is 11.8 Å². The Morgan fingerprint density at radius 1 is 1.38 bits per heavy atom. The van der Waals surface area contributed by atoms with E-state index in [2.05, 4.69) is 16.5 Å². The van der Waals surface area contributed by atoms with Crippen LogP contribution >= 0.6 is 11.3 Å². The smallest absolute Gasteiger partial charge is 0.260 e. The van der Waals surface area contributed by atoms with E-state index in [0.29, 0.717) is 25.3 Å². The van der Waals surface area contributed by atoms with Crippen LogP contribution < -0.4 is 5.32 Å². The Labute approximate surface area is 174 Å². The van der Waals surface area contributed by atoms with Gasteiger partial charge in [0.25, 0.3) is 6.43 Å². The number of carbonyl (C=O) groups excluding carboxylic acids is 1. The number of halogens is 2. The summed E-state index contributed by atoms with van der Waals surface area (Å²) in [4.78, 5) is 16.0. The minimum atomic E-state index is -2.43. The van der Waals surface area contributed by atoms with E-state index in [4.69, 9.17) is 0 Å². The number of nitrogens with zero attached hydrogens (tertiary/aromatic N) is 3. The summed E-state index contributed by atoms with van der Waals surface area (Å²) < 4.78 is 28.7. The van der Waals surface area contributed by atoms with Crippen molar-refractivity contribution < 1.29 is 13.6 Å². The van der Waals surface area contributed by atoms with Gasteiger partial charge in [-0.25, -0.2) is 13.5 Å². The second-order valence-electron chi connectivity index (χ2n) is 8.35. The van der Waals surface area contributed by atoms with Crippen molar-refractivity contribution in [2.75, 3.05) is 18.4 Å². The molecule has 4 heterocycles. The zero-order valence-corrected chi connectivity index (χ0v) is 17.7. The third-order valence-corrected chi connectivity index (χ3v) is 7.12. The Morgan fingerprint density at radius 3 is 2.79 bits per heavy atom. The largest absolute Gasteiger partial charge is 0.367 e. The second kappa shape index (κ2) is 8.42. The zero-order chi connectivity index (χ0) is 20.5. The molecular weight excluding hydrogens is 394 g/mol. The van der Waals surface area contributed by atoms with Gasteiger partial charge in [-0.3, -0.25) is 4.79 Å². The standard InChI is InChI=1S/C21H28F2N4OS/c1-13(10-16-4-3-9-29-16)21(28)26-7-5-15(6-8-26)17-12-18(20(22)23)27-19(24-17)11-14(2)25-27/h3-4,9,11,13,15,17-18,20,24H,5-8,10,12H2,1-2H3/t13?,17-,18+/m0/s1. The quantitative estimate of drug-likeness (QED) is 0.779. The van der Waals surface area contributed by atoms with Gasteiger partial charge in [-0.2, -0.15) is 5.10 Å². The molecule has 3 atom stereocenters. The van der Waals surface area contributed by atoms with E-state index >= 15 is 0 Å². The van der Waals surface area contributed by atoms with Crippen LogP contribution in [0.3, 0.4) is 0 Å². The summed E-state index contributed by atoms with van der Waals surface area (Å²) in [7, 11) is 0. The normalized spacial score (nSPS) is 23.7. The van der Waals surface area contributed by atoms with Crippen LogP contribution in [0.1, 0.15) is 42.8 Å². The van der Waals surface area contributed by atoms with Crippen LogP contribution in [0.4, 0.5) is 14.6 Å². The molecule has 2 aromatic rings. The number of rotatable bonds is 5. The predicted octanol–water partition coefficient (Wildman–Crippen LogP) is 4.36. The SMILES string of the molecule is Cc1cc2n(n1)[C@@H](C(F)F)C[C@@H](C1CCN(C(=O)C(C)Cc3cccs3)CC1)N2. The fourth-order valence-corrected chi connectivity index (χ4v) is 5.49. The van der Waals surface area contributed by atoms with Crippen LogP contribution in [0, 0.1) is 18.8 Å². The maximum Gasteiger partial charge on any atom is 0.260 e. The van der Waals surface area contributed by atoms with Gasteiger partial charge >= 0.3 is 0 Å². The molecule has 0 saturated carbocycles. The molecule has 1 saturated heterocycles. The lowest BCUT2D eigenvalue weighted by molar-refractivity contribution is -0.136. The molecule has 1 amide bonds. The highest BCUT2D eigenvalue weighted by Gasteiger charge is 2.38. The molecule has 4 rings (SSSR count). The molecule has 158 valence electrons. The number of nitrogens with one attached hydrogen (secondary N) is 1. The second-order valence-corrected chi connectivity index (χ2v) is 9.38. The summed E-state index contributed by atoms with van der Waals surface area (Å²) >= 11 is 1.69. The maximum atomic E-state index is 13.6. The molecule has 1 N–H and O–H groups in total. The van der Waals surface area contributed by atoms with Gasteiger partial charge in [0.1, 0.15) is 11.9 Å². The van der Waals surface area contributed by atoms with Gasteiger partial charge < -0.3 is 10.2 Å². The van der Waals surface area contributed by atoms with Gasteiger partial charge in [0, 0.05) is 36.0 Å². The van der Waals surface area contributed by atoms with Gasteiger partial charge in [-0.05, 0) is 50.0 Å². The highest BCUT2D eigenvalue weighted by molar-refractivity contribution is 7.09. The van der Waals surface area contributed by atoms with Crippen molar-refractivity contribution in [3.63, 3.8) is 0 Å². The number of thiophene rings is 1. The lowest BCUT2D eigenvalue weighted by Gasteiger charge is -2.41. The number of piperidine rings is 1. The van der Waals surface area contributed by atoms with Gasteiger partial charge in [-0.15, -0.1) is 11.3 Å². The number of amides is 1. The first-order valence-electron chi connectivity index (χ1n) is 10.3. The van der Waals surface area contributed by atoms with Crippen LogP contribution in [0.5, 0.6) is 0 Å². The molecule has 1 fully saturated rings. The van der Waals surface area contributed by atoms with E-state index in [1.54, 1.807) is 11.3 Å². The fraction of sp³-hybridized carbons (Fsp3) is 0.619. The average Bonchev–Trinajstić information content (AvgIpc) is 3.34. The summed E-state index contributed by atoms with van der Waals surface area (Å²) in [5, 5.41) is 9.71. The molecular formula is C21H28F2N4OS. The number of carbonyl (C=O) groups is 1. The number of likely N-dealkylation sites (tertiary alicyclic amines) is 1. The Bertz CT molecular complexity index is 830. The molecule has 2 aromatic heterocycles. The molecule has 2 aliphatic heterocycles. The number of hydrogen-bond acceptors (Lipinski definition) is 4. The van der Waals surface area contributed by atoms with E-state index in [0.717, 1.165) is 25.0 Å². The first-order valence-corrected chi connectivity index (χ1v) is 11.2. The number of fused-ring (bicyclic) bond motifs is 1. The molecule has 5 nitrogen and oxygen atoms in total. The predicted molar refractivity (Wildman–Crippen MR) is 111 cm³/mol. The minimum absolute atomic E-state index is 0.00149. The zero-order valence-electron chi connectivity index (χ0n) is 16.9. The fourth-order valence-electron chi connectivity index (χ4n) is 4.66. The average molecular weight is 423 g/mol. The Morgan fingerprint density at radius 2 is 2.14 bits per heavy atom. The third-order valence-electron chi connectivity index (χ3n) is 6.22. The molecule has 2 aliphatic rings. The molecule has 0 radical (unpaired) electrons. The lowest BCUT2D eigenvalue weighted by atomic mass is 9.84. The number of anilines is 1. The molecule has 0 aromatic carbocycles. The maximum absolute atomic E-state index is 13.6. The van der Waals surface area contributed by atoms with E-state index in [1.807, 2.05) is 36.3 Å². The van der Waals surface area contributed by atoms with Crippen molar-refractivity contribution in [3.05, 3.63) is 34.2 Å². The monoisotopic (exact) mass is 422 g/mol. The van der Waals surface area contributed by atoms with Crippen LogP contribution in [0.25, 0.3) is 0 Å². The van der Waals surface area contributed by atoms with Gasteiger partial charge in [0.2, 0.25) is 5.91 Å². The van der Waals surface area contributed by atoms with E-state index in [1.165, 1.54) is 9.56 Å². The van der Waals surface area contributed by atoms with Gasteiger partial charge in [0.15, 0.2) is 0 Å². The van der Waals surface area contributed by atoms with Gasteiger partial charge in [0.05, 0.1) is 5.69 Å². The number of alkyl halides is 2. The van der Waals surface area contributed by atoms with Crippen LogP contribution in [-0.4, -0.2) is 46.1 Å². The molecule has 8 heteroatoms. The highest BCUT2D eigenvalue weighted by Crippen LogP contribution is 2.37. The molecule has 0 spiro atoms. The first kappa shape index (κ1) is 20.3. The van der Waals surface area contributed by atoms with E-state index < -0.39 is 12.5 Å². The molecule has 29 heavy (non-hydrogen) atoms. The number of aryl methyl sites for hydroxylation is 1. The Kier molecular flexibility index (Phi) is 5.90. The third kappa shape index (κ3) is 4.32. The number of aromatic nitrogens is 2. The summed E-state index contributed by atoms with van der Waals surface area (Å²) in [6.45, 7) is 5.22. The van der Waals surface area contributed by atoms with Crippen molar-refractivity contribution in [1.29, 1.82) is 0 Å². The Balaban J connectivity index is 1.35. The first-order chi connectivity index (χ1) is 13.9. The Hall–Kier alpha value is -1.96. The van der Waals surface area contributed by atoms with Gasteiger partial charge in [-0.1, -0.05) is 13.0 Å². The molecule has 0 aliphatic carbocycles. The minimum Gasteiger partial charge on any atom is -0.367 e. The highest BCUT2D eigenvalue weighted by atomic mass is 32.1. The van der Waals surface area contributed by atoms with Crippen molar-refractivity contribution >= 4 is 23.1 Å². The molecule has 1 unspecified atom stereocenters. The van der Waals surface area contributed by atoms with E-state index in [9.17, 15) is 13.6 Å². The van der Waals surface area contributed by atoms with Crippen LogP contribution in [0.2, 0.25) is 0 Å². The van der Waals surface area contributed by atoms with E-state index in [-0.39, 0.29) is 23.8 Å². The van der Waals surface area contributed by atoms with Crippen molar-refractivity contribution in [2.45, 2.75) is 58.0 Å². The summed E-state index contributed by atoms with van der Waals surface area (Å²) in [5.41, 5.74) is 0.749.